The molecule has 11 rings (SSSR count). The van der Waals surface area contributed by atoms with Gasteiger partial charge < -0.3 is 8.83 Å². The highest BCUT2D eigenvalue weighted by atomic mass is 16.3. The molecule has 0 saturated carbocycles. The Morgan fingerprint density at radius 2 is 0.722 bits per heavy atom. The van der Waals surface area contributed by atoms with Gasteiger partial charge in [0, 0.05) is 27.3 Å². The van der Waals surface area contributed by atoms with E-state index in [0.29, 0.717) is 0 Å². The third-order valence-electron chi connectivity index (χ3n) is 10.9. The second-order valence-corrected chi connectivity index (χ2v) is 13.9. The average molecular weight is 689 g/mol. The highest BCUT2D eigenvalue weighted by Gasteiger charge is 2.24. The highest BCUT2D eigenvalue weighted by molar-refractivity contribution is 6.27. The van der Waals surface area contributed by atoms with Crippen LogP contribution in [0, 0.1) is 0 Å². The monoisotopic (exact) mass is 688 g/mol. The maximum Gasteiger partial charge on any atom is 0.143 e. The fourth-order valence-corrected chi connectivity index (χ4v) is 8.59. The first-order chi connectivity index (χ1) is 26.8. The van der Waals surface area contributed by atoms with Gasteiger partial charge in [0.15, 0.2) is 0 Å². The van der Waals surface area contributed by atoms with Crippen molar-refractivity contribution in [3.05, 3.63) is 194 Å². The topological polar surface area (TPSA) is 26.3 Å². The third-order valence-corrected chi connectivity index (χ3v) is 10.9. The van der Waals surface area contributed by atoms with Gasteiger partial charge in [-0.2, -0.15) is 0 Å². The molecule has 0 aliphatic rings. The van der Waals surface area contributed by atoms with Crippen molar-refractivity contribution in [2.45, 2.75) is 0 Å². The van der Waals surface area contributed by atoms with Crippen LogP contribution in [-0.2, 0) is 0 Å². The van der Waals surface area contributed by atoms with E-state index >= 15 is 0 Å². The Bertz CT molecular complexity index is 3130. The predicted octanol–water partition coefficient (Wildman–Crippen LogP) is 15.0. The minimum Gasteiger partial charge on any atom is -0.456 e. The molecule has 2 nitrogen and oxygen atoms in total. The summed E-state index contributed by atoms with van der Waals surface area (Å²) in [6.45, 7) is 0. The van der Waals surface area contributed by atoms with E-state index in [1.165, 1.54) is 49.4 Å². The smallest absolute Gasteiger partial charge is 0.143 e. The van der Waals surface area contributed by atoms with Crippen LogP contribution in [0.3, 0.4) is 0 Å². The number of hydrogen-bond acceptors (Lipinski definition) is 2. The van der Waals surface area contributed by atoms with Crippen molar-refractivity contribution in [2.24, 2.45) is 0 Å². The molecule has 252 valence electrons. The summed E-state index contributed by atoms with van der Waals surface area (Å²) in [4.78, 5) is 0. The van der Waals surface area contributed by atoms with Crippen LogP contribution in [0.2, 0.25) is 0 Å². The van der Waals surface area contributed by atoms with Gasteiger partial charge in [0.1, 0.15) is 22.5 Å². The second kappa shape index (κ2) is 12.2. The van der Waals surface area contributed by atoms with E-state index in [9.17, 15) is 0 Å². The molecule has 0 unspecified atom stereocenters. The molecule has 2 heteroatoms. The Labute approximate surface area is 312 Å². The Morgan fingerprint density at radius 1 is 0.259 bits per heavy atom. The van der Waals surface area contributed by atoms with Crippen molar-refractivity contribution >= 4 is 54.5 Å². The lowest BCUT2D eigenvalue weighted by Crippen LogP contribution is -1.93. The van der Waals surface area contributed by atoms with E-state index in [-0.39, 0.29) is 0 Å². The molecule has 0 bridgehead atoms. The van der Waals surface area contributed by atoms with Gasteiger partial charge in [0.05, 0.1) is 0 Å². The van der Waals surface area contributed by atoms with E-state index in [0.717, 1.165) is 60.9 Å². The normalized spacial score (nSPS) is 11.7. The van der Waals surface area contributed by atoms with E-state index in [4.69, 9.17) is 8.83 Å². The zero-order valence-electron chi connectivity index (χ0n) is 29.3. The van der Waals surface area contributed by atoms with Gasteiger partial charge in [0.2, 0.25) is 0 Å². The quantitative estimate of drug-likeness (QED) is 0.168. The standard InChI is InChI=1S/C52H32O2/c1-4-17-33(18-5-1)36-23-10-11-24-37(36)49-38-25-12-14-27-40(38)50(41-28-15-13-26-39(41)49)42-29-16-30-45-51(42)44-32-47-43(31-46(44)53-45)48(34-19-6-2-7-20-34)52(54-47)35-21-8-3-9-22-35/h1-32H. The Balaban J connectivity index is 1.21. The van der Waals surface area contributed by atoms with E-state index in [2.05, 4.69) is 188 Å². The minimum atomic E-state index is 0.834. The molecule has 0 N–H and O–H groups in total. The molecule has 54 heavy (non-hydrogen) atoms. The Kier molecular flexibility index (Phi) is 6.90. The maximum atomic E-state index is 6.82. The molecule has 11 aromatic rings. The molecule has 9 aromatic carbocycles. The molecule has 0 fully saturated rings. The summed E-state index contributed by atoms with van der Waals surface area (Å²) >= 11 is 0. The van der Waals surface area contributed by atoms with Crippen molar-refractivity contribution in [3.8, 4) is 55.8 Å². The molecule has 0 spiro atoms. The summed E-state index contributed by atoms with van der Waals surface area (Å²) in [6, 6.07) is 68.9. The van der Waals surface area contributed by atoms with Gasteiger partial charge in [-0.3, -0.25) is 0 Å². The summed E-state index contributed by atoms with van der Waals surface area (Å²) in [5.41, 5.74) is 13.0. The summed E-state index contributed by atoms with van der Waals surface area (Å²) in [7, 11) is 0. The number of fused-ring (bicyclic) bond motifs is 6. The van der Waals surface area contributed by atoms with Crippen LogP contribution in [0.25, 0.3) is 110 Å². The molecular formula is C52H32O2. The van der Waals surface area contributed by atoms with Crippen LogP contribution in [0.5, 0.6) is 0 Å². The van der Waals surface area contributed by atoms with Gasteiger partial charge in [-0.1, -0.05) is 176 Å². The van der Waals surface area contributed by atoms with E-state index < -0.39 is 0 Å². The summed E-state index contributed by atoms with van der Waals surface area (Å²) in [5.74, 6) is 0.859. The largest absolute Gasteiger partial charge is 0.456 e. The molecule has 0 saturated heterocycles. The highest BCUT2D eigenvalue weighted by Crippen LogP contribution is 2.50. The molecule has 0 aliphatic heterocycles. The van der Waals surface area contributed by atoms with Crippen LogP contribution >= 0.6 is 0 Å². The summed E-state index contributed by atoms with van der Waals surface area (Å²) < 4.78 is 13.6. The fourth-order valence-electron chi connectivity index (χ4n) is 8.59. The molecule has 0 atom stereocenters. The van der Waals surface area contributed by atoms with Crippen molar-refractivity contribution in [2.75, 3.05) is 0 Å². The number of furan rings is 2. The van der Waals surface area contributed by atoms with Crippen LogP contribution in [0.15, 0.2) is 203 Å². The lowest BCUT2D eigenvalue weighted by Gasteiger charge is -2.20. The first-order valence-electron chi connectivity index (χ1n) is 18.4. The first-order valence-corrected chi connectivity index (χ1v) is 18.4. The lowest BCUT2D eigenvalue weighted by atomic mass is 9.83. The number of hydrogen-bond donors (Lipinski definition) is 0. The average Bonchev–Trinajstić information content (AvgIpc) is 3.80. The molecular weight excluding hydrogens is 657 g/mol. The van der Waals surface area contributed by atoms with Crippen LogP contribution in [0.4, 0.5) is 0 Å². The van der Waals surface area contributed by atoms with Gasteiger partial charge in [-0.15, -0.1) is 0 Å². The Morgan fingerprint density at radius 3 is 1.35 bits per heavy atom. The Hall–Kier alpha value is -7.16. The van der Waals surface area contributed by atoms with Crippen LogP contribution in [0.1, 0.15) is 0 Å². The molecule has 0 amide bonds. The zero-order valence-corrected chi connectivity index (χ0v) is 29.3. The van der Waals surface area contributed by atoms with Gasteiger partial charge in [0.25, 0.3) is 0 Å². The number of benzene rings is 9. The van der Waals surface area contributed by atoms with E-state index in [1.807, 2.05) is 6.07 Å². The summed E-state index contributed by atoms with van der Waals surface area (Å²) in [5, 5.41) is 7.99. The van der Waals surface area contributed by atoms with Gasteiger partial charge in [-0.25, -0.2) is 0 Å². The second-order valence-electron chi connectivity index (χ2n) is 13.9. The van der Waals surface area contributed by atoms with Gasteiger partial charge >= 0.3 is 0 Å². The molecule has 0 radical (unpaired) electrons. The van der Waals surface area contributed by atoms with E-state index in [1.54, 1.807) is 0 Å². The molecule has 2 aromatic heterocycles. The van der Waals surface area contributed by atoms with Crippen LogP contribution in [-0.4, -0.2) is 0 Å². The van der Waals surface area contributed by atoms with Crippen molar-refractivity contribution in [3.63, 3.8) is 0 Å². The number of rotatable bonds is 5. The van der Waals surface area contributed by atoms with Crippen molar-refractivity contribution in [1.29, 1.82) is 0 Å². The zero-order chi connectivity index (χ0) is 35.6. The van der Waals surface area contributed by atoms with Crippen LogP contribution < -0.4 is 0 Å². The summed E-state index contributed by atoms with van der Waals surface area (Å²) in [6.07, 6.45) is 0. The maximum absolute atomic E-state index is 6.82. The van der Waals surface area contributed by atoms with Crippen molar-refractivity contribution < 1.29 is 8.83 Å². The SMILES string of the molecule is c1ccc(-c2ccccc2-c2c3ccccc3c(-c3cccc4oc5cc6c(-c7ccccc7)c(-c7ccccc7)oc6cc5c34)c3ccccc23)cc1. The van der Waals surface area contributed by atoms with Gasteiger partial charge in [-0.05, 0) is 78.7 Å². The third kappa shape index (κ3) is 4.67. The lowest BCUT2D eigenvalue weighted by molar-refractivity contribution is 0.632. The molecule has 0 aliphatic carbocycles. The minimum absolute atomic E-state index is 0.834. The molecule has 2 heterocycles. The predicted molar refractivity (Wildman–Crippen MR) is 226 cm³/mol. The fraction of sp³-hybridized carbons (Fsp3) is 0. The van der Waals surface area contributed by atoms with Crippen molar-refractivity contribution in [1.82, 2.24) is 0 Å². The first kappa shape index (κ1) is 30.5.